The van der Waals surface area contributed by atoms with E-state index in [4.69, 9.17) is 0 Å². The molecule has 29 heavy (non-hydrogen) atoms. The number of hydrogen-bond donors (Lipinski definition) is 0. The molecule has 1 heterocycles. The van der Waals surface area contributed by atoms with E-state index < -0.39 is 0 Å². The highest BCUT2D eigenvalue weighted by atomic mass is 15.1. The van der Waals surface area contributed by atoms with Crippen LogP contribution in [0.3, 0.4) is 0 Å². The van der Waals surface area contributed by atoms with Gasteiger partial charge in [-0.1, -0.05) is 104 Å². The first-order valence-electron chi connectivity index (χ1n) is 13.4. The van der Waals surface area contributed by atoms with E-state index in [9.17, 15) is 0 Å². The molecule has 0 aliphatic rings. The zero-order valence-corrected chi connectivity index (χ0v) is 20.4. The van der Waals surface area contributed by atoms with Gasteiger partial charge in [-0.3, -0.25) is 0 Å². The van der Waals surface area contributed by atoms with Crippen LogP contribution in [0.25, 0.3) is 0 Å². The predicted molar refractivity (Wildman–Crippen MR) is 128 cm³/mol. The molecule has 170 valence electrons. The van der Waals surface area contributed by atoms with Gasteiger partial charge < -0.3 is 0 Å². The van der Waals surface area contributed by atoms with Crippen LogP contribution in [-0.4, -0.2) is 4.57 Å². The van der Waals surface area contributed by atoms with E-state index in [0.29, 0.717) is 0 Å². The van der Waals surface area contributed by atoms with E-state index in [1.807, 2.05) is 0 Å². The van der Waals surface area contributed by atoms with Crippen molar-refractivity contribution < 1.29 is 4.57 Å². The van der Waals surface area contributed by atoms with Crippen molar-refractivity contribution in [3.8, 4) is 0 Å². The summed E-state index contributed by atoms with van der Waals surface area (Å²) in [5, 5.41) is 0. The van der Waals surface area contributed by atoms with E-state index in [-0.39, 0.29) is 0 Å². The quantitative estimate of drug-likeness (QED) is 0.143. The molecule has 0 fully saturated rings. The van der Waals surface area contributed by atoms with Crippen LogP contribution in [0.4, 0.5) is 0 Å². The molecular weight excluding hydrogens is 352 g/mol. The van der Waals surface area contributed by atoms with Crippen LogP contribution in [0.15, 0.2) is 12.4 Å². The standard InChI is InChI=1S/C27H53N2/c1-4-7-10-13-14-15-16-17-18-19-22-27-28(23-20-11-8-5-2)25-26-29(27)24-21-12-9-6-3/h25-26H,4-24H2,1-3H3/q+1. The van der Waals surface area contributed by atoms with Crippen molar-refractivity contribution >= 4 is 0 Å². The summed E-state index contributed by atoms with van der Waals surface area (Å²) in [6, 6.07) is 0. The summed E-state index contributed by atoms with van der Waals surface area (Å²) in [4.78, 5) is 0. The minimum Gasteiger partial charge on any atom is -0.234 e. The molecule has 0 amide bonds. The topological polar surface area (TPSA) is 8.81 Å². The monoisotopic (exact) mass is 405 g/mol. The number of aromatic nitrogens is 2. The third kappa shape index (κ3) is 13.2. The number of unbranched alkanes of at least 4 members (excludes halogenated alkanes) is 15. The van der Waals surface area contributed by atoms with E-state index in [0.717, 1.165) is 0 Å². The SMILES string of the molecule is CCCCCCCCCCCCc1n(CCCCCC)cc[n+]1CCCCCC. The van der Waals surface area contributed by atoms with Crippen LogP contribution >= 0.6 is 0 Å². The Labute approximate surface area is 183 Å². The fourth-order valence-corrected chi connectivity index (χ4v) is 4.38. The van der Waals surface area contributed by atoms with Gasteiger partial charge >= 0.3 is 0 Å². The summed E-state index contributed by atoms with van der Waals surface area (Å²) in [6.07, 6.45) is 31.1. The summed E-state index contributed by atoms with van der Waals surface area (Å²) in [5.41, 5.74) is 0. The third-order valence-electron chi connectivity index (χ3n) is 6.35. The first-order valence-corrected chi connectivity index (χ1v) is 13.4. The second-order valence-electron chi connectivity index (χ2n) is 9.15. The average Bonchev–Trinajstić information content (AvgIpc) is 3.11. The zero-order valence-electron chi connectivity index (χ0n) is 20.4. The predicted octanol–water partition coefficient (Wildman–Crippen LogP) is 8.40. The molecule has 0 aliphatic carbocycles. The highest BCUT2D eigenvalue weighted by Crippen LogP contribution is 2.13. The van der Waals surface area contributed by atoms with Crippen LogP contribution in [0.5, 0.6) is 0 Å². The highest BCUT2D eigenvalue weighted by molar-refractivity contribution is 4.84. The number of rotatable bonds is 21. The first-order chi connectivity index (χ1) is 14.3. The number of imidazole rings is 1. The molecule has 0 radical (unpaired) electrons. The molecule has 0 unspecified atom stereocenters. The third-order valence-corrected chi connectivity index (χ3v) is 6.35. The summed E-state index contributed by atoms with van der Waals surface area (Å²) in [5.74, 6) is 1.59. The number of aryl methyl sites for hydroxylation is 2. The molecule has 0 spiro atoms. The van der Waals surface area contributed by atoms with Gasteiger partial charge in [-0.2, -0.15) is 0 Å². The van der Waals surface area contributed by atoms with Gasteiger partial charge in [0.1, 0.15) is 12.4 Å². The van der Waals surface area contributed by atoms with E-state index in [1.54, 1.807) is 5.82 Å². The molecule has 2 heteroatoms. The molecule has 1 rings (SSSR count). The second-order valence-corrected chi connectivity index (χ2v) is 9.15. The molecule has 1 aromatic rings. The summed E-state index contributed by atoms with van der Waals surface area (Å²) in [7, 11) is 0. The molecule has 0 atom stereocenters. The van der Waals surface area contributed by atoms with Crippen LogP contribution in [0.2, 0.25) is 0 Å². The van der Waals surface area contributed by atoms with Gasteiger partial charge in [0.15, 0.2) is 0 Å². The Kier molecular flexibility index (Phi) is 17.4. The second kappa shape index (κ2) is 19.2. The Balaban J connectivity index is 2.33. The Morgan fingerprint density at radius 1 is 0.586 bits per heavy atom. The molecule has 2 nitrogen and oxygen atoms in total. The van der Waals surface area contributed by atoms with Gasteiger partial charge in [-0.25, -0.2) is 9.13 Å². The lowest BCUT2D eigenvalue weighted by molar-refractivity contribution is -0.704. The fourth-order valence-electron chi connectivity index (χ4n) is 4.38. The Morgan fingerprint density at radius 2 is 1.07 bits per heavy atom. The maximum absolute atomic E-state index is 2.57. The zero-order chi connectivity index (χ0) is 21.0. The van der Waals surface area contributed by atoms with Gasteiger partial charge in [-0.05, 0) is 32.1 Å². The average molecular weight is 406 g/mol. The number of nitrogens with zero attached hydrogens (tertiary/aromatic N) is 2. The van der Waals surface area contributed by atoms with E-state index in [2.05, 4.69) is 42.3 Å². The lowest BCUT2D eigenvalue weighted by Crippen LogP contribution is -2.37. The smallest absolute Gasteiger partial charge is 0.234 e. The van der Waals surface area contributed by atoms with Crippen molar-refractivity contribution in [1.29, 1.82) is 0 Å². The molecule has 0 saturated carbocycles. The summed E-state index contributed by atoms with van der Waals surface area (Å²) in [6.45, 7) is 9.34. The summed E-state index contributed by atoms with van der Waals surface area (Å²) < 4.78 is 5.15. The maximum atomic E-state index is 2.57. The van der Waals surface area contributed by atoms with Crippen molar-refractivity contribution in [2.24, 2.45) is 0 Å². The molecule has 0 saturated heterocycles. The lowest BCUT2D eigenvalue weighted by atomic mass is 10.1. The van der Waals surface area contributed by atoms with Crippen LogP contribution in [0.1, 0.15) is 142 Å². The minimum atomic E-state index is 1.22. The molecule has 1 aromatic heterocycles. The minimum absolute atomic E-state index is 1.22. The highest BCUT2D eigenvalue weighted by Gasteiger charge is 2.16. The van der Waals surface area contributed by atoms with Gasteiger partial charge in [0.2, 0.25) is 0 Å². The molecule has 0 aliphatic heterocycles. The van der Waals surface area contributed by atoms with E-state index >= 15 is 0 Å². The van der Waals surface area contributed by atoms with Crippen molar-refractivity contribution in [3.05, 3.63) is 18.2 Å². The Hall–Kier alpha value is -0.790. The van der Waals surface area contributed by atoms with Crippen LogP contribution < -0.4 is 4.57 Å². The van der Waals surface area contributed by atoms with Crippen LogP contribution in [0, 0.1) is 0 Å². The Morgan fingerprint density at radius 3 is 1.66 bits per heavy atom. The normalized spacial score (nSPS) is 11.4. The van der Waals surface area contributed by atoms with Crippen molar-refractivity contribution in [2.45, 2.75) is 156 Å². The number of hydrogen-bond acceptors (Lipinski definition) is 0. The van der Waals surface area contributed by atoms with Gasteiger partial charge in [-0.15, -0.1) is 0 Å². The van der Waals surface area contributed by atoms with Crippen molar-refractivity contribution in [3.63, 3.8) is 0 Å². The van der Waals surface area contributed by atoms with Crippen molar-refractivity contribution in [2.75, 3.05) is 0 Å². The first kappa shape index (κ1) is 26.2. The van der Waals surface area contributed by atoms with Crippen molar-refractivity contribution in [1.82, 2.24) is 4.57 Å². The van der Waals surface area contributed by atoms with Crippen LogP contribution in [-0.2, 0) is 19.5 Å². The molecule has 0 aromatic carbocycles. The largest absolute Gasteiger partial charge is 0.256 e. The summed E-state index contributed by atoms with van der Waals surface area (Å²) >= 11 is 0. The molecule has 0 bridgehead atoms. The maximum Gasteiger partial charge on any atom is 0.256 e. The molecule has 0 N–H and O–H groups in total. The van der Waals surface area contributed by atoms with Gasteiger partial charge in [0.25, 0.3) is 5.82 Å². The Bertz CT molecular complexity index is 434. The molecular formula is C27H53N2+. The van der Waals surface area contributed by atoms with Gasteiger partial charge in [0.05, 0.1) is 13.1 Å². The van der Waals surface area contributed by atoms with Gasteiger partial charge in [0, 0.05) is 6.42 Å². The fraction of sp³-hybridized carbons (Fsp3) is 0.889. The lowest BCUT2D eigenvalue weighted by Gasteiger charge is -2.06. The van der Waals surface area contributed by atoms with E-state index in [1.165, 1.54) is 135 Å².